The van der Waals surface area contributed by atoms with Gasteiger partial charge in [-0.1, -0.05) is 7.43 Å². The third-order valence-electron chi connectivity index (χ3n) is 0. The number of rotatable bonds is 0. The second kappa shape index (κ2) is 33.3. The fourth-order valence-electron chi connectivity index (χ4n) is 0. The third-order valence-corrected chi connectivity index (χ3v) is 0. The van der Waals surface area contributed by atoms with E-state index in [4.69, 9.17) is 0 Å². The largest absolute Gasteiger partial charge is 0.0776 e. The van der Waals surface area contributed by atoms with Gasteiger partial charge in [-0.05, 0) is 0 Å². The monoisotopic (exact) mass is 145 g/mol. The van der Waals surface area contributed by atoms with Gasteiger partial charge in [-0.15, -0.1) is 0 Å². The molecule has 0 spiro atoms. The molecule has 0 rings (SSSR count). The molecular weight excluding hydrogens is 141 g/mol. The van der Waals surface area contributed by atoms with E-state index in [0.29, 0.717) is 0 Å². The molecule has 0 amide bonds. The van der Waals surface area contributed by atoms with Gasteiger partial charge < -0.3 is 0 Å². The van der Waals surface area contributed by atoms with Gasteiger partial charge in [-0.2, -0.15) is 0 Å². The number of hydrogen-bond donors (Lipinski definition) is 0. The minimum Gasteiger partial charge on any atom is -0.0776 e. The fraction of sp³-hybridized carbons (Fsp3) is 1.00. The summed E-state index contributed by atoms with van der Waals surface area (Å²) in [5, 5.41) is 0. The van der Waals surface area contributed by atoms with E-state index in [-0.39, 0.29) is 81.2 Å². The molecule has 0 unspecified atom stereocenters. The quantitative estimate of drug-likeness (QED) is 0.402. The first-order chi connectivity index (χ1) is 0. The van der Waals surface area contributed by atoms with Crippen molar-refractivity contribution in [3.63, 3.8) is 0 Å². The average Bonchev–Trinajstić information content (AvgIpc) is 0. The van der Waals surface area contributed by atoms with E-state index >= 15 is 0 Å². The molecule has 0 atom stereocenters. The van der Waals surface area contributed by atoms with Crippen LogP contribution in [0.4, 0.5) is 0 Å². The Morgan fingerprint density at radius 2 is 0.600 bits per heavy atom. The molecule has 9 radical (unpaired) electrons. The standard InChI is InChI=1S/CH4.3Al.Ti/h1H4;;;;. The van der Waals surface area contributed by atoms with Crippen LogP contribution in [0.5, 0.6) is 0 Å². The van der Waals surface area contributed by atoms with Crippen LogP contribution < -0.4 is 0 Å². The Kier molecular flexibility index (Phi) is 363. The minimum absolute atomic E-state index is 0. The summed E-state index contributed by atoms with van der Waals surface area (Å²) in [6.45, 7) is 0. The van der Waals surface area contributed by atoms with Crippen LogP contribution in [0.25, 0.3) is 0 Å². The first-order valence-electron chi connectivity index (χ1n) is 0. The van der Waals surface area contributed by atoms with E-state index in [2.05, 4.69) is 0 Å². The Labute approximate surface area is 80.4 Å². The molecular formula is CH4Al3Ti. The maximum Gasteiger partial charge on any atom is 0 e. The van der Waals surface area contributed by atoms with Crippen LogP contribution in [0, 0.1) is 0 Å². The molecule has 0 N–H and O–H groups in total. The predicted molar refractivity (Wildman–Crippen MR) is 24.0 cm³/mol. The maximum absolute atomic E-state index is 0. The summed E-state index contributed by atoms with van der Waals surface area (Å²) in [5.74, 6) is 0. The predicted octanol–water partition coefficient (Wildman–Crippen LogP) is -0.509. The van der Waals surface area contributed by atoms with Crippen LogP contribution in [0.15, 0.2) is 0 Å². The summed E-state index contributed by atoms with van der Waals surface area (Å²) >= 11 is 0. The molecule has 21 valence electrons. The SMILES string of the molecule is C.[Al].[Al].[Al].[Ti]. The van der Waals surface area contributed by atoms with E-state index in [0.717, 1.165) is 0 Å². The van der Waals surface area contributed by atoms with Gasteiger partial charge >= 0.3 is 0 Å². The van der Waals surface area contributed by atoms with Crippen molar-refractivity contribution in [3.05, 3.63) is 0 Å². The van der Waals surface area contributed by atoms with Gasteiger partial charge in [0.25, 0.3) is 0 Å². The van der Waals surface area contributed by atoms with Crippen molar-refractivity contribution in [1.82, 2.24) is 0 Å². The van der Waals surface area contributed by atoms with E-state index < -0.39 is 0 Å². The zero-order chi connectivity index (χ0) is 0. The second-order valence-electron chi connectivity index (χ2n) is 0. The van der Waals surface area contributed by atoms with E-state index in [1.165, 1.54) is 0 Å². The van der Waals surface area contributed by atoms with E-state index in [1.54, 1.807) is 0 Å². The molecule has 0 heterocycles. The Morgan fingerprint density at radius 1 is 0.600 bits per heavy atom. The molecule has 4 heteroatoms. The summed E-state index contributed by atoms with van der Waals surface area (Å²) in [5.41, 5.74) is 0. The summed E-state index contributed by atoms with van der Waals surface area (Å²) in [4.78, 5) is 0. The number of hydrogen-bond acceptors (Lipinski definition) is 0. The molecule has 0 nitrogen and oxygen atoms in total. The van der Waals surface area contributed by atoms with Crippen molar-refractivity contribution < 1.29 is 21.7 Å². The third kappa shape index (κ3) is 22.0. The molecule has 0 aliphatic rings. The molecule has 0 aromatic rings. The van der Waals surface area contributed by atoms with Gasteiger partial charge in [0.1, 0.15) is 0 Å². The summed E-state index contributed by atoms with van der Waals surface area (Å²) in [6, 6.07) is 0. The van der Waals surface area contributed by atoms with Crippen LogP contribution in [-0.4, -0.2) is 52.1 Å². The van der Waals surface area contributed by atoms with Crippen molar-refractivity contribution >= 4 is 52.1 Å². The minimum atomic E-state index is 0. The molecule has 0 fully saturated rings. The normalized spacial score (nSPS) is 0. The van der Waals surface area contributed by atoms with Crippen LogP contribution in [-0.2, 0) is 21.7 Å². The van der Waals surface area contributed by atoms with Crippen LogP contribution >= 0.6 is 0 Å². The summed E-state index contributed by atoms with van der Waals surface area (Å²) < 4.78 is 0. The molecule has 0 aliphatic carbocycles. The van der Waals surface area contributed by atoms with Gasteiger partial charge in [0.2, 0.25) is 0 Å². The van der Waals surface area contributed by atoms with Gasteiger partial charge in [-0.25, -0.2) is 0 Å². The van der Waals surface area contributed by atoms with Gasteiger partial charge in [0.15, 0.2) is 0 Å². The Hall–Kier alpha value is 2.31. The van der Waals surface area contributed by atoms with E-state index in [1.807, 2.05) is 0 Å². The van der Waals surface area contributed by atoms with Crippen LogP contribution in [0.2, 0.25) is 0 Å². The summed E-state index contributed by atoms with van der Waals surface area (Å²) in [7, 11) is 0. The first kappa shape index (κ1) is 54.5. The van der Waals surface area contributed by atoms with Crippen LogP contribution in [0.1, 0.15) is 7.43 Å². The fourth-order valence-corrected chi connectivity index (χ4v) is 0. The van der Waals surface area contributed by atoms with E-state index in [9.17, 15) is 0 Å². The Balaban J connectivity index is 0. The zero-order valence-electron chi connectivity index (χ0n) is 2.23. The Morgan fingerprint density at radius 3 is 0.600 bits per heavy atom. The van der Waals surface area contributed by atoms with Crippen molar-refractivity contribution in [1.29, 1.82) is 0 Å². The topological polar surface area (TPSA) is 0 Å². The molecule has 0 aromatic heterocycles. The average molecular weight is 145 g/mol. The maximum atomic E-state index is 0. The van der Waals surface area contributed by atoms with Gasteiger partial charge in [0, 0.05) is 73.8 Å². The van der Waals surface area contributed by atoms with Crippen LogP contribution in [0.3, 0.4) is 0 Å². The smallest absolute Gasteiger partial charge is 0 e. The Bertz CT molecular complexity index is 6.85. The second-order valence-corrected chi connectivity index (χ2v) is 0. The first-order valence-corrected chi connectivity index (χ1v) is 0. The zero-order valence-corrected chi connectivity index (χ0v) is 7.26. The molecule has 5 heavy (non-hydrogen) atoms. The molecule has 0 aliphatic heterocycles. The van der Waals surface area contributed by atoms with Crippen molar-refractivity contribution in [2.45, 2.75) is 7.43 Å². The molecule has 0 saturated heterocycles. The summed E-state index contributed by atoms with van der Waals surface area (Å²) in [6.07, 6.45) is 0. The molecule has 0 bridgehead atoms. The van der Waals surface area contributed by atoms with Crippen molar-refractivity contribution in [2.75, 3.05) is 0 Å². The van der Waals surface area contributed by atoms with Gasteiger partial charge in [-0.3, -0.25) is 0 Å². The van der Waals surface area contributed by atoms with Crippen molar-refractivity contribution in [2.24, 2.45) is 0 Å². The molecule has 0 saturated carbocycles. The van der Waals surface area contributed by atoms with Gasteiger partial charge in [0.05, 0.1) is 0 Å². The molecule has 0 aromatic carbocycles. The van der Waals surface area contributed by atoms with Crippen molar-refractivity contribution in [3.8, 4) is 0 Å².